The predicted molar refractivity (Wildman–Crippen MR) is 114 cm³/mol. The minimum absolute atomic E-state index is 0.263. The van der Waals surface area contributed by atoms with Gasteiger partial charge in [-0.25, -0.2) is 0 Å². The van der Waals surface area contributed by atoms with Gasteiger partial charge >= 0.3 is 0 Å². The molecule has 1 aliphatic rings. The molecule has 0 spiro atoms. The fourth-order valence-electron chi connectivity index (χ4n) is 4.44. The van der Waals surface area contributed by atoms with E-state index in [0.29, 0.717) is 6.04 Å². The Morgan fingerprint density at radius 2 is 1.93 bits per heavy atom. The van der Waals surface area contributed by atoms with Crippen LogP contribution in [-0.2, 0) is 19.5 Å². The third kappa shape index (κ3) is 5.22. The van der Waals surface area contributed by atoms with Gasteiger partial charge in [0.05, 0.1) is 5.69 Å². The van der Waals surface area contributed by atoms with E-state index in [-0.39, 0.29) is 6.61 Å². The summed E-state index contributed by atoms with van der Waals surface area (Å²) in [7, 11) is 0. The summed E-state index contributed by atoms with van der Waals surface area (Å²) in [6, 6.07) is 11.2. The first-order valence-corrected chi connectivity index (χ1v) is 10.8. The van der Waals surface area contributed by atoms with Crippen LogP contribution in [0.3, 0.4) is 0 Å². The molecule has 2 heterocycles. The molecule has 1 N–H and O–H groups in total. The number of aryl methyl sites for hydroxylation is 3. The van der Waals surface area contributed by atoms with Crippen molar-refractivity contribution in [1.29, 1.82) is 0 Å². The van der Waals surface area contributed by atoms with Gasteiger partial charge in [-0.05, 0) is 52.1 Å². The Bertz CT molecular complexity index is 728. The molecule has 1 aromatic carbocycles. The van der Waals surface area contributed by atoms with E-state index in [2.05, 4.69) is 70.7 Å². The molecule has 0 radical (unpaired) electrons. The molecule has 1 atom stereocenters. The standard InChI is InChI=1S/C23H36N4O/c1-4-27-20(3)23(19(2)24-27)18-25-14-15-26(22(17-25)12-16-28)13-8-11-21-9-6-5-7-10-21/h5-7,9-10,22,28H,4,8,11-18H2,1-3H3. The van der Waals surface area contributed by atoms with Crippen LogP contribution in [0.5, 0.6) is 0 Å². The van der Waals surface area contributed by atoms with E-state index < -0.39 is 0 Å². The number of benzene rings is 1. The number of aliphatic hydroxyl groups excluding tert-OH is 1. The molecule has 2 aromatic rings. The third-order valence-electron chi connectivity index (χ3n) is 6.12. The van der Waals surface area contributed by atoms with Crippen molar-refractivity contribution in [1.82, 2.24) is 19.6 Å². The number of aromatic nitrogens is 2. The maximum atomic E-state index is 9.58. The van der Waals surface area contributed by atoms with Crippen molar-refractivity contribution < 1.29 is 5.11 Å². The minimum atomic E-state index is 0.263. The Kier molecular flexibility index (Phi) is 7.65. The molecule has 1 aliphatic heterocycles. The zero-order valence-electron chi connectivity index (χ0n) is 17.8. The summed E-state index contributed by atoms with van der Waals surface area (Å²) < 4.78 is 2.11. The maximum absolute atomic E-state index is 9.58. The molecule has 0 aliphatic carbocycles. The van der Waals surface area contributed by atoms with Crippen molar-refractivity contribution in [2.75, 3.05) is 32.8 Å². The van der Waals surface area contributed by atoms with Crippen LogP contribution in [0.15, 0.2) is 30.3 Å². The van der Waals surface area contributed by atoms with Gasteiger partial charge in [0, 0.05) is 56.6 Å². The van der Waals surface area contributed by atoms with E-state index in [1.54, 1.807) is 0 Å². The normalized spacial score (nSPS) is 18.6. The van der Waals surface area contributed by atoms with Gasteiger partial charge in [-0.2, -0.15) is 5.10 Å². The Labute approximate surface area is 170 Å². The highest BCUT2D eigenvalue weighted by molar-refractivity contribution is 5.24. The first-order chi connectivity index (χ1) is 13.6. The Morgan fingerprint density at radius 3 is 2.61 bits per heavy atom. The molecule has 0 bridgehead atoms. The zero-order valence-corrected chi connectivity index (χ0v) is 17.8. The monoisotopic (exact) mass is 384 g/mol. The molecule has 1 saturated heterocycles. The van der Waals surface area contributed by atoms with Gasteiger partial charge in [-0.3, -0.25) is 14.5 Å². The number of piperazine rings is 1. The average Bonchev–Trinajstić information content (AvgIpc) is 2.98. The third-order valence-corrected chi connectivity index (χ3v) is 6.12. The van der Waals surface area contributed by atoms with Crippen molar-refractivity contribution in [3.05, 3.63) is 52.8 Å². The Balaban J connectivity index is 1.55. The lowest BCUT2D eigenvalue weighted by Gasteiger charge is -2.41. The van der Waals surface area contributed by atoms with E-state index in [1.807, 2.05) is 0 Å². The lowest BCUT2D eigenvalue weighted by atomic mass is 10.0. The summed E-state index contributed by atoms with van der Waals surface area (Å²) in [6.07, 6.45) is 3.16. The van der Waals surface area contributed by atoms with E-state index >= 15 is 0 Å². The topological polar surface area (TPSA) is 44.5 Å². The predicted octanol–water partition coefficient (Wildman–Crippen LogP) is 3.02. The van der Waals surface area contributed by atoms with Crippen LogP contribution in [0.2, 0.25) is 0 Å². The zero-order chi connectivity index (χ0) is 19.9. The quantitative estimate of drug-likeness (QED) is 0.722. The van der Waals surface area contributed by atoms with E-state index in [4.69, 9.17) is 0 Å². The fourth-order valence-corrected chi connectivity index (χ4v) is 4.44. The fraction of sp³-hybridized carbons (Fsp3) is 0.609. The summed E-state index contributed by atoms with van der Waals surface area (Å²) in [4.78, 5) is 5.13. The summed E-state index contributed by atoms with van der Waals surface area (Å²) in [5, 5.41) is 14.3. The van der Waals surface area contributed by atoms with Crippen molar-refractivity contribution in [3.63, 3.8) is 0 Å². The molecule has 28 heavy (non-hydrogen) atoms. The van der Waals surface area contributed by atoms with Crippen molar-refractivity contribution >= 4 is 0 Å². The van der Waals surface area contributed by atoms with E-state index in [9.17, 15) is 5.11 Å². The molecule has 0 amide bonds. The van der Waals surface area contributed by atoms with Crippen molar-refractivity contribution in [3.8, 4) is 0 Å². The lowest BCUT2D eigenvalue weighted by molar-refractivity contribution is 0.0545. The van der Waals surface area contributed by atoms with Gasteiger partial charge < -0.3 is 5.11 Å². The van der Waals surface area contributed by atoms with Crippen molar-refractivity contribution in [2.45, 2.75) is 59.2 Å². The van der Waals surface area contributed by atoms with Crippen LogP contribution in [0, 0.1) is 13.8 Å². The highest BCUT2D eigenvalue weighted by Gasteiger charge is 2.27. The van der Waals surface area contributed by atoms with Crippen molar-refractivity contribution in [2.24, 2.45) is 0 Å². The SMILES string of the molecule is CCn1nc(C)c(CN2CCN(CCCc3ccccc3)C(CCO)C2)c1C. The number of aliphatic hydroxyl groups is 1. The van der Waals surface area contributed by atoms with Crippen LogP contribution in [0.25, 0.3) is 0 Å². The molecule has 1 fully saturated rings. The Morgan fingerprint density at radius 1 is 1.14 bits per heavy atom. The van der Waals surface area contributed by atoms with E-state index in [1.165, 1.54) is 23.2 Å². The summed E-state index contributed by atoms with van der Waals surface area (Å²) in [5.74, 6) is 0. The summed E-state index contributed by atoms with van der Waals surface area (Å²) >= 11 is 0. The van der Waals surface area contributed by atoms with Crippen LogP contribution in [0.1, 0.15) is 42.3 Å². The maximum Gasteiger partial charge on any atom is 0.0641 e. The van der Waals surface area contributed by atoms with Crippen LogP contribution >= 0.6 is 0 Å². The van der Waals surface area contributed by atoms with Crippen LogP contribution in [-0.4, -0.2) is 63.5 Å². The lowest BCUT2D eigenvalue weighted by Crippen LogP contribution is -2.53. The van der Waals surface area contributed by atoms with Crippen LogP contribution < -0.4 is 0 Å². The van der Waals surface area contributed by atoms with Gasteiger partial charge in [0.25, 0.3) is 0 Å². The molecule has 154 valence electrons. The number of nitrogens with zero attached hydrogens (tertiary/aromatic N) is 4. The highest BCUT2D eigenvalue weighted by Crippen LogP contribution is 2.20. The smallest absolute Gasteiger partial charge is 0.0641 e. The molecule has 1 aromatic heterocycles. The first kappa shape index (κ1) is 21.0. The second-order valence-corrected chi connectivity index (χ2v) is 7.99. The second kappa shape index (κ2) is 10.2. The van der Waals surface area contributed by atoms with E-state index in [0.717, 1.165) is 57.8 Å². The second-order valence-electron chi connectivity index (χ2n) is 7.99. The minimum Gasteiger partial charge on any atom is -0.396 e. The molecular formula is C23H36N4O. The molecule has 5 heteroatoms. The molecule has 5 nitrogen and oxygen atoms in total. The molecule has 1 unspecified atom stereocenters. The van der Waals surface area contributed by atoms with Gasteiger partial charge in [-0.1, -0.05) is 30.3 Å². The Hall–Kier alpha value is -1.69. The average molecular weight is 385 g/mol. The molecule has 0 saturated carbocycles. The first-order valence-electron chi connectivity index (χ1n) is 10.8. The largest absolute Gasteiger partial charge is 0.396 e. The van der Waals surface area contributed by atoms with Gasteiger partial charge in [0.2, 0.25) is 0 Å². The van der Waals surface area contributed by atoms with Gasteiger partial charge in [-0.15, -0.1) is 0 Å². The highest BCUT2D eigenvalue weighted by atomic mass is 16.3. The van der Waals surface area contributed by atoms with Gasteiger partial charge in [0.15, 0.2) is 0 Å². The number of hydrogen-bond acceptors (Lipinski definition) is 4. The molecule has 3 rings (SSSR count). The number of hydrogen-bond donors (Lipinski definition) is 1. The van der Waals surface area contributed by atoms with Crippen LogP contribution in [0.4, 0.5) is 0 Å². The summed E-state index contributed by atoms with van der Waals surface area (Å²) in [5.41, 5.74) is 5.24. The number of rotatable bonds is 9. The van der Waals surface area contributed by atoms with Gasteiger partial charge in [0.1, 0.15) is 0 Å². The summed E-state index contributed by atoms with van der Waals surface area (Å²) in [6.45, 7) is 12.9. The molecular weight excluding hydrogens is 348 g/mol.